The molecule has 1 N–H and O–H groups in total. The Kier molecular flexibility index (Phi) is 3.66. The first kappa shape index (κ1) is 12.9. The lowest BCUT2D eigenvalue weighted by Gasteiger charge is -2.08. The lowest BCUT2D eigenvalue weighted by Crippen LogP contribution is -1.99. The van der Waals surface area contributed by atoms with Crippen molar-refractivity contribution in [2.75, 3.05) is 7.11 Å². The van der Waals surface area contributed by atoms with Crippen molar-refractivity contribution in [2.45, 2.75) is 6.92 Å². The van der Waals surface area contributed by atoms with Crippen LogP contribution in [0.2, 0.25) is 0 Å². The van der Waals surface area contributed by atoms with E-state index in [2.05, 4.69) is 4.98 Å². The maximum atomic E-state index is 10.9. The van der Waals surface area contributed by atoms with Crippen LogP contribution in [0.25, 0.3) is 0 Å². The molecule has 0 saturated heterocycles. The van der Waals surface area contributed by atoms with Crippen LogP contribution >= 0.6 is 0 Å². The summed E-state index contributed by atoms with van der Waals surface area (Å²) in [6, 6.07) is 8.16. The highest BCUT2D eigenvalue weighted by Crippen LogP contribution is 2.25. The Hall–Kier alpha value is -2.56. The SMILES string of the molecule is COc1cc(Oc2ccc(C(=O)O)c(C)c2)ccn1. The van der Waals surface area contributed by atoms with Gasteiger partial charge in [0.1, 0.15) is 11.5 Å². The fraction of sp³-hybridized carbons (Fsp3) is 0.143. The molecular weight excluding hydrogens is 246 g/mol. The molecule has 19 heavy (non-hydrogen) atoms. The standard InChI is InChI=1S/C14H13NO4/c1-9-7-10(3-4-12(9)14(16)17)19-11-5-6-15-13(8-11)18-2/h3-8H,1-2H3,(H,16,17). The average molecular weight is 259 g/mol. The van der Waals surface area contributed by atoms with E-state index >= 15 is 0 Å². The number of aromatic carboxylic acids is 1. The summed E-state index contributed by atoms with van der Waals surface area (Å²) in [5, 5.41) is 8.95. The van der Waals surface area contributed by atoms with Crippen molar-refractivity contribution in [3.05, 3.63) is 47.7 Å². The average Bonchev–Trinajstić information content (AvgIpc) is 2.38. The van der Waals surface area contributed by atoms with Gasteiger partial charge >= 0.3 is 5.97 Å². The molecular formula is C14H13NO4. The molecule has 2 aromatic rings. The quantitative estimate of drug-likeness (QED) is 0.914. The van der Waals surface area contributed by atoms with Gasteiger partial charge in [-0.3, -0.25) is 0 Å². The number of methoxy groups -OCH3 is 1. The van der Waals surface area contributed by atoms with Crippen LogP contribution in [0, 0.1) is 6.92 Å². The van der Waals surface area contributed by atoms with Crippen molar-refractivity contribution in [3.8, 4) is 17.4 Å². The molecule has 0 spiro atoms. The maximum Gasteiger partial charge on any atom is 0.335 e. The van der Waals surface area contributed by atoms with Crippen molar-refractivity contribution in [1.82, 2.24) is 4.98 Å². The monoisotopic (exact) mass is 259 g/mol. The van der Waals surface area contributed by atoms with Gasteiger partial charge in [0, 0.05) is 12.3 Å². The molecule has 0 amide bonds. The van der Waals surface area contributed by atoms with Crippen LogP contribution in [0.3, 0.4) is 0 Å². The zero-order chi connectivity index (χ0) is 13.8. The number of aryl methyl sites for hydroxylation is 1. The van der Waals surface area contributed by atoms with Gasteiger partial charge in [-0.1, -0.05) is 0 Å². The summed E-state index contributed by atoms with van der Waals surface area (Å²) in [6.45, 7) is 1.73. The van der Waals surface area contributed by atoms with Crippen molar-refractivity contribution in [1.29, 1.82) is 0 Å². The number of carboxylic acids is 1. The van der Waals surface area contributed by atoms with Gasteiger partial charge in [-0.15, -0.1) is 0 Å². The lowest BCUT2D eigenvalue weighted by molar-refractivity contribution is 0.0696. The maximum absolute atomic E-state index is 10.9. The Labute approximate surface area is 110 Å². The van der Waals surface area contributed by atoms with Crippen LogP contribution < -0.4 is 9.47 Å². The molecule has 0 aliphatic carbocycles. The Morgan fingerprint density at radius 2 is 1.95 bits per heavy atom. The number of rotatable bonds is 4. The number of aromatic nitrogens is 1. The predicted octanol–water partition coefficient (Wildman–Crippen LogP) is 2.89. The highest BCUT2D eigenvalue weighted by atomic mass is 16.5. The lowest BCUT2D eigenvalue weighted by atomic mass is 10.1. The van der Waals surface area contributed by atoms with Gasteiger partial charge in [0.25, 0.3) is 0 Å². The molecule has 0 unspecified atom stereocenters. The number of nitrogens with zero attached hydrogens (tertiary/aromatic N) is 1. The molecule has 2 rings (SSSR count). The first-order valence-electron chi connectivity index (χ1n) is 5.62. The fourth-order valence-electron chi connectivity index (χ4n) is 1.64. The summed E-state index contributed by atoms with van der Waals surface area (Å²) < 4.78 is 10.6. The molecule has 98 valence electrons. The summed E-state index contributed by atoms with van der Waals surface area (Å²) in [6.07, 6.45) is 1.58. The summed E-state index contributed by atoms with van der Waals surface area (Å²) in [5.74, 6) is 0.649. The van der Waals surface area contributed by atoms with Gasteiger partial charge in [-0.05, 0) is 36.8 Å². The normalized spacial score (nSPS) is 10.0. The Balaban J connectivity index is 2.23. The topological polar surface area (TPSA) is 68.7 Å². The summed E-state index contributed by atoms with van der Waals surface area (Å²) >= 11 is 0. The largest absolute Gasteiger partial charge is 0.481 e. The van der Waals surface area contributed by atoms with E-state index in [4.69, 9.17) is 14.6 Å². The van der Waals surface area contributed by atoms with Crippen LogP contribution in [0.5, 0.6) is 17.4 Å². The molecule has 0 aliphatic heterocycles. The van der Waals surface area contributed by atoms with Gasteiger partial charge in [0.05, 0.1) is 12.7 Å². The summed E-state index contributed by atoms with van der Waals surface area (Å²) in [7, 11) is 1.53. The van der Waals surface area contributed by atoms with Gasteiger partial charge in [-0.25, -0.2) is 9.78 Å². The van der Waals surface area contributed by atoms with Crippen molar-refractivity contribution >= 4 is 5.97 Å². The van der Waals surface area contributed by atoms with E-state index in [1.165, 1.54) is 13.2 Å². The van der Waals surface area contributed by atoms with E-state index in [-0.39, 0.29) is 5.56 Å². The van der Waals surface area contributed by atoms with E-state index in [9.17, 15) is 4.79 Å². The van der Waals surface area contributed by atoms with Gasteiger partial charge in [0.2, 0.25) is 5.88 Å². The number of hydrogen-bond donors (Lipinski definition) is 1. The molecule has 5 heteroatoms. The number of carboxylic acid groups (broad SMARTS) is 1. The Morgan fingerprint density at radius 1 is 1.21 bits per heavy atom. The summed E-state index contributed by atoms with van der Waals surface area (Å²) in [5.41, 5.74) is 0.908. The second kappa shape index (κ2) is 5.39. The van der Waals surface area contributed by atoms with E-state index in [0.717, 1.165) is 0 Å². The van der Waals surface area contributed by atoms with Gasteiger partial charge in [-0.2, -0.15) is 0 Å². The molecule has 0 radical (unpaired) electrons. The molecule has 5 nitrogen and oxygen atoms in total. The zero-order valence-electron chi connectivity index (χ0n) is 10.6. The van der Waals surface area contributed by atoms with E-state index in [0.29, 0.717) is 22.9 Å². The first-order chi connectivity index (χ1) is 9.10. The minimum Gasteiger partial charge on any atom is -0.481 e. The molecule has 0 fully saturated rings. The first-order valence-corrected chi connectivity index (χ1v) is 5.62. The molecule has 1 aromatic carbocycles. The molecule has 1 aromatic heterocycles. The highest BCUT2D eigenvalue weighted by Gasteiger charge is 2.08. The fourth-order valence-corrected chi connectivity index (χ4v) is 1.64. The Morgan fingerprint density at radius 3 is 2.58 bits per heavy atom. The Bertz CT molecular complexity index is 610. The molecule has 1 heterocycles. The van der Waals surface area contributed by atoms with Crippen LogP contribution in [0.15, 0.2) is 36.5 Å². The van der Waals surface area contributed by atoms with E-state index < -0.39 is 5.97 Å². The number of carbonyl (C=O) groups is 1. The van der Waals surface area contributed by atoms with Crippen molar-refractivity contribution in [3.63, 3.8) is 0 Å². The smallest absolute Gasteiger partial charge is 0.335 e. The second-order valence-corrected chi connectivity index (χ2v) is 3.92. The molecule has 0 saturated carbocycles. The van der Waals surface area contributed by atoms with Gasteiger partial charge in [0.15, 0.2) is 0 Å². The number of pyridine rings is 1. The minimum absolute atomic E-state index is 0.264. The highest BCUT2D eigenvalue weighted by molar-refractivity contribution is 5.89. The van der Waals surface area contributed by atoms with E-state index in [1.807, 2.05) is 0 Å². The second-order valence-electron chi connectivity index (χ2n) is 3.92. The third kappa shape index (κ3) is 3.01. The molecule has 0 aliphatic rings. The third-order valence-corrected chi connectivity index (χ3v) is 2.58. The third-order valence-electron chi connectivity index (χ3n) is 2.58. The molecule has 0 bridgehead atoms. The van der Waals surface area contributed by atoms with Crippen molar-refractivity contribution in [2.24, 2.45) is 0 Å². The van der Waals surface area contributed by atoms with Crippen LogP contribution in [0.4, 0.5) is 0 Å². The number of hydrogen-bond acceptors (Lipinski definition) is 4. The zero-order valence-corrected chi connectivity index (χ0v) is 10.6. The molecule has 0 atom stereocenters. The van der Waals surface area contributed by atoms with Crippen molar-refractivity contribution < 1.29 is 19.4 Å². The van der Waals surface area contributed by atoms with E-state index in [1.54, 1.807) is 37.4 Å². The predicted molar refractivity (Wildman–Crippen MR) is 69.0 cm³/mol. The number of ether oxygens (including phenoxy) is 2. The number of benzene rings is 1. The minimum atomic E-state index is -0.949. The van der Waals surface area contributed by atoms with Crippen LogP contribution in [-0.4, -0.2) is 23.2 Å². The van der Waals surface area contributed by atoms with Crippen LogP contribution in [-0.2, 0) is 0 Å². The van der Waals surface area contributed by atoms with Crippen LogP contribution in [0.1, 0.15) is 15.9 Å². The van der Waals surface area contributed by atoms with Gasteiger partial charge < -0.3 is 14.6 Å². The summed E-state index contributed by atoms with van der Waals surface area (Å²) in [4.78, 5) is 14.9.